The van der Waals surface area contributed by atoms with Crippen LogP contribution in [0.5, 0.6) is 0 Å². The molecule has 0 heterocycles. The van der Waals surface area contributed by atoms with Crippen LogP contribution in [0.1, 0.15) is 22.8 Å². The highest BCUT2D eigenvalue weighted by atomic mass is 32.2. The van der Waals surface area contributed by atoms with Crippen LogP contribution >= 0.6 is 11.8 Å². The third-order valence-electron chi connectivity index (χ3n) is 3.01. The SMILES string of the molecule is CSCC(C)N(C)C(=O)NCc1cccc(C(=O)O)c1. The molecule has 0 aliphatic heterocycles. The van der Waals surface area contributed by atoms with Gasteiger partial charge < -0.3 is 15.3 Å². The van der Waals surface area contributed by atoms with Gasteiger partial charge in [-0.25, -0.2) is 9.59 Å². The number of nitrogens with one attached hydrogen (secondary N) is 1. The number of amides is 2. The van der Waals surface area contributed by atoms with Gasteiger partial charge in [0.2, 0.25) is 0 Å². The summed E-state index contributed by atoms with van der Waals surface area (Å²) in [6, 6.07) is 6.54. The fraction of sp³-hybridized carbons (Fsp3) is 0.429. The maximum Gasteiger partial charge on any atom is 0.335 e. The van der Waals surface area contributed by atoms with Crippen LogP contribution in [0.25, 0.3) is 0 Å². The van der Waals surface area contributed by atoms with Crippen molar-refractivity contribution in [2.45, 2.75) is 19.5 Å². The van der Waals surface area contributed by atoms with E-state index in [4.69, 9.17) is 5.11 Å². The topological polar surface area (TPSA) is 69.6 Å². The highest BCUT2D eigenvalue weighted by Crippen LogP contribution is 2.07. The van der Waals surface area contributed by atoms with Crippen molar-refractivity contribution in [3.8, 4) is 0 Å². The van der Waals surface area contributed by atoms with Gasteiger partial charge in [0.1, 0.15) is 0 Å². The molecule has 1 atom stereocenters. The summed E-state index contributed by atoms with van der Waals surface area (Å²) in [7, 11) is 1.75. The lowest BCUT2D eigenvalue weighted by atomic mass is 10.1. The van der Waals surface area contributed by atoms with Gasteiger partial charge in [0.15, 0.2) is 0 Å². The molecule has 1 rings (SSSR count). The van der Waals surface area contributed by atoms with Crippen LogP contribution in [0.4, 0.5) is 4.79 Å². The van der Waals surface area contributed by atoms with Gasteiger partial charge in [-0.3, -0.25) is 0 Å². The average molecular weight is 296 g/mol. The highest BCUT2D eigenvalue weighted by molar-refractivity contribution is 7.98. The molecule has 0 aliphatic rings. The molecule has 0 radical (unpaired) electrons. The number of benzene rings is 1. The zero-order chi connectivity index (χ0) is 15.1. The molecule has 0 aromatic heterocycles. The second-order valence-electron chi connectivity index (χ2n) is 4.58. The normalized spacial score (nSPS) is 11.8. The van der Waals surface area contributed by atoms with E-state index in [1.807, 2.05) is 13.2 Å². The molecule has 2 amide bonds. The van der Waals surface area contributed by atoms with Gasteiger partial charge in [0.05, 0.1) is 5.56 Å². The first-order chi connectivity index (χ1) is 9.45. The van der Waals surface area contributed by atoms with Crippen molar-refractivity contribution in [1.29, 1.82) is 0 Å². The third-order valence-corrected chi connectivity index (χ3v) is 3.82. The predicted octanol–water partition coefficient (Wildman–Crippen LogP) is 2.28. The highest BCUT2D eigenvalue weighted by Gasteiger charge is 2.14. The average Bonchev–Trinajstić information content (AvgIpc) is 2.44. The standard InChI is InChI=1S/C14H20N2O3S/c1-10(9-20-3)16(2)14(19)15-8-11-5-4-6-12(7-11)13(17)18/h4-7,10H,8-9H2,1-3H3,(H,15,19)(H,17,18). The van der Waals surface area contributed by atoms with Crippen LogP contribution in [0.15, 0.2) is 24.3 Å². The number of carboxylic acid groups (broad SMARTS) is 1. The molecule has 1 unspecified atom stereocenters. The van der Waals surface area contributed by atoms with Gasteiger partial charge >= 0.3 is 12.0 Å². The first-order valence-electron chi connectivity index (χ1n) is 6.27. The van der Waals surface area contributed by atoms with E-state index >= 15 is 0 Å². The van der Waals surface area contributed by atoms with E-state index < -0.39 is 5.97 Å². The molecule has 5 nitrogen and oxygen atoms in total. The number of carbonyl (C=O) groups excluding carboxylic acids is 1. The van der Waals surface area contributed by atoms with Crippen molar-refractivity contribution < 1.29 is 14.7 Å². The zero-order valence-corrected chi connectivity index (χ0v) is 12.7. The van der Waals surface area contributed by atoms with Crippen LogP contribution in [-0.4, -0.2) is 47.1 Å². The van der Waals surface area contributed by atoms with E-state index in [1.54, 1.807) is 41.9 Å². The van der Waals surface area contributed by atoms with Crippen molar-refractivity contribution >= 4 is 23.8 Å². The Morgan fingerprint density at radius 2 is 2.15 bits per heavy atom. The van der Waals surface area contributed by atoms with Gasteiger partial charge in [0.25, 0.3) is 0 Å². The number of aromatic carboxylic acids is 1. The summed E-state index contributed by atoms with van der Waals surface area (Å²) < 4.78 is 0. The Labute approximate surface area is 123 Å². The molecular weight excluding hydrogens is 276 g/mol. The van der Waals surface area contributed by atoms with E-state index in [9.17, 15) is 9.59 Å². The molecule has 1 aromatic rings. The minimum atomic E-state index is -0.969. The van der Waals surface area contributed by atoms with Gasteiger partial charge in [-0.1, -0.05) is 12.1 Å². The summed E-state index contributed by atoms with van der Waals surface area (Å²) in [6.45, 7) is 2.30. The molecule has 0 bridgehead atoms. The Morgan fingerprint density at radius 1 is 1.45 bits per heavy atom. The molecule has 2 N–H and O–H groups in total. The second-order valence-corrected chi connectivity index (χ2v) is 5.49. The summed E-state index contributed by atoms with van der Waals surface area (Å²) in [5, 5.41) is 11.7. The maximum atomic E-state index is 11.9. The predicted molar refractivity (Wildman–Crippen MR) is 81.2 cm³/mol. The summed E-state index contributed by atoms with van der Waals surface area (Å²) >= 11 is 1.69. The number of carboxylic acids is 1. The number of thioether (sulfide) groups is 1. The number of nitrogens with zero attached hydrogens (tertiary/aromatic N) is 1. The number of carbonyl (C=O) groups is 2. The van der Waals surface area contributed by atoms with E-state index in [-0.39, 0.29) is 17.6 Å². The van der Waals surface area contributed by atoms with Crippen molar-refractivity contribution in [3.05, 3.63) is 35.4 Å². The van der Waals surface area contributed by atoms with Crippen LogP contribution in [0, 0.1) is 0 Å². The van der Waals surface area contributed by atoms with Gasteiger partial charge in [-0.05, 0) is 30.9 Å². The lowest BCUT2D eigenvalue weighted by Gasteiger charge is -2.24. The lowest BCUT2D eigenvalue weighted by molar-refractivity contribution is 0.0696. The fourth-order valence-corrected chi connectivity index (χ4v) is 2.38. The van der Waals surface area contributed by atoms with Crippen molar-refractivity contribution in [2.75, 3.05) is 19.1 Å². The van der Waals surface area contributed by atoms with Crippen molar-refractivity contribution in [1.82, 2.24) is 10.2 Å². The molecule has 110 valence electrons. The van der Waals surface area contributed by atoms with Gasteiger partial charge in [0, 0.05) is 25.4 Å². The molecule has 0 saturated carbocycles. The van der Waals surface area contributed by atoms with Crippen LogP contribution in [-0.2, 0) is 6.54 Å². The summed E-state index contributed by atoms with van der Waals surface area (Å²) in [4.78, 5) is 24.5. The summed E-state index contributed by atoms with van der Waals surface area (Å²) in [6.07, 6.45) is 2.00. The molecule has 6 heteroatoms. The Morgan fingerprint density at radius 3 is 2.75 bits per heavy atom. The molecule has 0 fully saturated rings. The molecule has 0 aliphatic carbocycles. The van der Waals surface area contributed by atoms with Gasteiger partial charge in [-0.2, -0.15) is 11.8 Å². The van der Waals surface area contributed by atoms with E-state index in [1.165, 1.54) is 6.07 Å². The number of hydrogen-bond donors (Lipinski definition) is 2. The zero-order valence-electron chi connectivity index (χ0n) is 11.9. The summed E-state index contributed by atoms with van der Waals surface area (Å²) in [5.41, 5.74) is 0.991. The minimum absolute atomic E-state index is 0.148. The Bertz CT molecular complexity index is 479. The molecule has 1 aromatic carbocycles. The smallest absolute Gasteiger partial charge is 0.335 e. The number of hydrogen-bond acceptors (Lipinski definition) is 3. The summed E-state index contributed by atoms with van der Waals surface area (Å²) in [5.74, 6) is -0.0952. The quantitative estimate of drug-likeness (QED) is 0.845. The Kier molecular flexibility index (Phi) is 6.38. The largest absolute Gasteiger partial charge is 0.478 e. The Hall–Kier alpha value is -1.69. The number of urea groups is 1. The Balaban J connectivity index is 2.56. The van der Waals surface area contributed by atoms with Crippen molar-refractivity contribution in [3.63, 3.8) is 0 Å². The minimum Gasteiger partial charge on any atom is -0.478 e. The molecular formula is C14H20N2O3S. The third kappa shape index (κ3) is 4.77. The van der Waals surface area contributed by atoms with Gasteiger partial charge in [-0.15, -0.1) is 0 Å². The first-order valence-corrected chi connectivity index (χ1v) is 7.67. The van der Waals surface area contributed by atoms with Crippen LogP contribution < -0.4 is 5.32 Å². The maximum absolute atomic E-state index is 11.9. The van der Waals surface area contributed by atoms with E-state index in [0.717, 1.165) is 11.3 Å². The lowest BCUT2D eigenvalue weighted by Crippen LogP contribution is -2.43. The molecule has 0 spiro atoms. The molecule has 20 heavy (non-hydrogen) atoms. The first kappa shape index (κ1) is 16.4. The van der Waals surface area contributed by atoms with E-state index in [0.29, 0.717) is 6.54 Å². The van der Waals surface area contributed by atoms with Crippen molar-refractivity contribution in [2.24, 2.45) is 0 Å². The van der Waals surface area contributed by atoms with Crippen LogP contribution in [0.3, 0.4) is 0 Å². The van der Waals surface area contributed by atoms with E-state index in [2.05, 4.69) is 5.32 Å². The second kappa shape index (κ2) is 7.79. The monoisotopic (exact) mass is 296 g/mol. The number of rotatable bonds is 6. The fourth-order valence-electron chi connectivity index (χ4n) is 1.67. The molecule has 0 saturated heterocycles. The van der Waals surface area contributed by atoms with Crippen LogP contribution in [0.2, 0.25) is 0 Å².